The number of nitrogens with one attached hydrogen (secondary N) is 1. The van der Waals surface area contributed by atoms with E-state index >= 15 is 0 Å². The van der Waals surface area contributed by atoms with Crippen LogP contribution >= 0.6 is 11.6 Å². The maximum atomic E-state index is 12.3. The number of rotatable bonds is 5. The van der Waals surface area contributed by atoms with Crippen molar-refractivity contribution in [1.82, 2.24) is 15.1 Å². The number of ether oxygens (including phenoxy) is 1. The van der Waals surface area contributed by atoms with Crippen molar-refractivity contribution in [2.45, 2.75) is 6.54 Å². The Morgan fingerprint density at radius 1 is 0.926 bits per heavy atom. The minimum Gasteiger partial charge on any atom is -0.482 e. The molecule has 0 radical (unpaired) electrons. The van der Waals surface area contributed by atoms with Gasteiger partial charge in [0, 0.05) is 32.7 Å². The summed E-state index contributed by atoms with van der Waals surface area (Å²) >= 11 is 6.02. The van der Waals surface area contributed by atoms with E-state index < -0.39 is 0 Å². The van der Waals surface area contributed by atoms with Crippen molar-refractivity contribution >= 4 is 23.5 Å². The predicted octanol–water partition coefficient (Wildman–Crippen LogP) is 2.77. The number of hydrogen-bond acceptors (Lipinski definition) is 3. The molecule has 1 aliphatic rings. The molecule has 3 rings (SSSR count). The summed E-state index contributed by atoms with van der Waals surface area (Å²) in [6, 6.07) is 16.7. The number of carbonyl (C=O) groups excluding carboxylic acids is 2. The van der Waals surface area contributed by atoms with E-state index in [2.05, 4.69) is 5.32 Å². The molecular formula is C20H22ClN3O3. The largest absolute Gasteiger partial charge is 0.482 e. The van der Waals surface area contributed by atoms with Gasteiger partial charge in [-0.2, -0.15) is 0 Å². The van der Waals surface area contributed by atoms with E-state index in [0.29, 0.717) is 43.5 Å². The van der Waals surface area contributed by atoms with Crippen molar-refractivity contribution in [2.24, 2.45) is 0 Å². The molecule has 0 atom stereocenters. The fourth-order valence-electron chi connectivity index (χ4n) is 2.84. The Morgan fingerprint density at radius 3 is 2.26 bits per heavy atom. The van der Waals surface area contributed by atoms with Gasteiger partial charge in [0.1, 0.15) is 5.75 Å². The fraction of sp³-hybridized carbons (Fsp3) is 0.300. The van der Waals surface area contributed by atoms with Crippen LogP contribution in [-0.4, -0.2) is 54.5 Å². The lowest BCUT2D eigenvalue weighted by Crippen LogP contribution is -2.53. The third-order valence-corrected chi connectivity index (χ3v) is 4.71. The molecule has 0 spiro atoms. The molecule has 0 bridgehead atoms. The molecule has 1 aliphatic heterocycles. The van der Waals surface area contributed by atoms with Crippen LogP contribution < -0.4 is 10.1 Å². The third kappa shape index (κ3) is 5.37. The topological polar surface area (TPSA) is 61.9 Å². The van der Waals surface area contributed by atoms with Crippen LogP contribution in [-0.2, 0) is 11.3 Å². The molecule has 1 saturated heterocycles. The van der Waals surface area contributed by atoms with E-state index in [4.69, 9.17) is 16.3 Å². The van der Waals surface area contributed by atoms with E-state index in [1.54, 1.807) is 34.1 Å². The molecule has 0 unspecified atom stereocenters. The number of amides is 3. The number of carbonyl (C=O) groups is 2. The van der Waals surface area contributed by atoms with Gasteiger partial charge in [-0.25, -0.2) is 4.79 Å². The average molecular weight is 388 g/mol. The molecule has 2 aromatic carbocycles. The number of piperazine rings is 1. The molecule has 6 nitrogen and oxygen atoms in total. The van der Waals surface area contributed by atoms with Gasteiger partial charge in [0.2, 0.25) is 0 Å². The highest BCUT2D eigenvalue weighted by atomic mass is 35.5. The quantitative estimate of drug-likeness (QED) is 0.858. The molecule has 0 aromatic heterocycles. The zero-order chi connectivity index (χ0) is 19.1. The van der Waals surface area contributed by atoms with Gasteiger partial charge in [-0.3, -0.25) is 4.79 Å². The highest BCUT2D eigenvalue weighted by molar-refractivity contribution is 6.32. The van der Waals surface area contributed by atoms with Crippen molar-refractivity contribution in [2.75, 3.05) is 32.8 Å². The molecule has 7 heteroatoms. The number of urea groups is 1. The van der Waals surface area contributed by atoms with Gasteiger partial charge < -0.3 is 19.9 Å². The first-order valence-corrected chi connectivity index (χ1v) is 9.23. The first-order chi connectivity index (χ1) is 13.1. The van der Waals surface area contributed by atoms with E-state index in [-0.39, 0.29) is 18.5 Å². The Bertz CT molecular complexity index is 777. The van der Waals surface area contributed by atoms with Crippen molar-refractivity contribution in [3.8, 4) is 5.75 Å². The molecule has 1 N–H and O–H groups in total. The van der Waals surface area contributed by atoms with Gasteiger partial charge in [-0.05, 0) is 17.7 Å². The van der Waals surface area contributed by atoms with Crippen LogP contribution in [0, 0.1) is 0 Å². The minimum atomic E-state index is -0.113. The Morgan fingerprint density at radius 2 is 1.56 bits per heavy atom. The van der Waals surface area contributed by atoms with E-state index in [1.165, 1.54) is 0 Å². The summed E-state index contributed by atoms with van der Waals surface area (Å²) in [6.45, 7) is 2.40. The smallest absolute Gasteiger partial charge is 0.317 e. The second-order valence-corrected chi connectivity index (χ2v) is 6.64. The first-order valence-electron chi connectivity index (χ1n) is 8.85. The molecule has 142 valence electrons. The number of hydrogen-bond donors (Lipinski definition) is 1. The lowest BCUT2D eigenvalue weighted by atomic mass is 10.2. The van der Waals surface area contributed by atoms with E-state index in [0.717, 1.165) is 5.56 Å². The zero-order valence-electron chi connectivity index (χ0n) is 14.9. The van der Waals surface area contributed by atoms with Crippen LogP contribution in [0.15, 0.2) is 54.6 Å². The second kappa shape index (κ2) is 9.28. The van der Waals surface area contributed by atoms with Crippen LogP contribution in [0.25, 0.3) is 0 Å². The molecular weight excluding hydrogens is 366 g/mol. The lowest BCUT2D eigenvalue weighted by Gasteiger charge is -2.34. The van der Waals surface area contributed by atoms with Crippen molar-refractivity contribution in [3.05, 3.63) is 65.2 Å². The van der Waals surface area contributed by atoms with Gasteiger partial charge in [0.05, 0.1) is 5.02 Å². The molecule has 27 heavy (non-hydrogen) atoms. The van der Waals surface area contributed by atoms with Crippen LogP contribution in [0.2, 0.25) is 5.02 Å². The molecule has 1 fully saturated rings. The summed E-state index contributed by atoms with van der Waals surface area (Å²) in [5.74, 6) is 0.380. The highest BCUT2D eigenvalue weighted by Crippen LogP contribution is 2.23. The van der Waals surface area contributed by atoms with Gasteiger partial charge >= 0.3 is 6.03 Å². The number of para-hydroxylation sites is 1. The van der Waals surface area contributed by atoms with Crippen LogP contribution in [0.4, 0.5) is 4.79 Å². The standard InChI is InChI=1S/C20H22ClN3O3/c21-17-8-4-5-9-18(17)27-15-19(25)23-10-12-24(13-11-23)20(26)22-14-16-6-2-1-3-7-16/h1-9H,10-15H2,(H,22,26). The normalized spacial score (nSPS) is 14.0. The summed E-state index contributed by atoms with van der Waals surface area (Å²) in [6.07, 6.45) is 0. The second-order valence-electron chi connectivity index (χ2n) is 6.23. The average Bonchev–Trinajstić information content (AvgIpc) is 2.72. The molecule has 1 heterocycles. The maximum Gasteiger partial charge on any atom is 0.317 e. The summed E-state index contributed by atoms with van der Waals surface area (Å²) < 4.78 is 5.50. The number of benzene rings is 2. The van der Waals surface area contributed by atoms with Crippen molar-refractivity contribution in [3.63, 3.8) is 0 Å². The fourth-order valence-corrected chi connectivity index (χ4v) is 3.03. The van der Waals surface area contributed by atoms with Crippen LogP contribution in [0.5, 0.6) is 5.75 Å². The van der Waals surface area contributed by atoms with Crippen LogP contribution in [0.3, 0.4) is 0 Å². The first kappa shape index (κ1) is 19.0. The maximum absolute atomic E-state index is 12.3. The highest BCUT2D eigenvalue weighted by Gasteiger charge is 2.24. The minimum absolute atomic E-state index is 0.0655. The van der Waals surface area contributed by atoms with Crippen molar-refractivity contribution < 1.29 is 14.3 Å². The lowest BCUT2D eigenvalue weighted by molar-refractivity contribution is -0.134. The molecule has 0 aliphatic carbocycles. The molecule has 3 amide bonds. The number of halogens is 1. The summed E-state index contributed by atoms with van der Waals surface area (Å²) in [7, 11) is 0. The Hall–Kier alpha value is -2.73. The molecule has 2 aromatic rings. The monoisotopic (exact) mass is 387 g/mol. The third-order valence-electron chi connectivity index (χ3n) is 4.39. The Kier molecular flexibility index (Phi) is 6.54. The number of nitrogens with zero attached hydrogens (tertiary/aromatic N) is 2. The van der Waals surface area contributed by atoms with Gasteiger partial charge in [0.15, 0.2) is 6.61 Å². The predicted molar refractivity (Wildman–Crippen MR) is 104 cm³/mol. The SMILES string of the molecule is O=C(COc1ccccc1Cl)N1CCN(C(=O)NCc2ccccc2)CC1. The molecule has 0 saturated carbocycles. The Balaban J connectivity index is 1.40. The zero-order valence-corrected chi connectivity index (χ0v) is 15.7. The van der Waals surface area contributed by atoms with Gasteiger partial charge in [0.25, 0.3) is 5.91 Å². The van der Waals surface area contributed by atoms with E-state index in [1.807, 2.05) is 30.3 Å². The van der Waals surface area contributed by atoms with Gasteiger partial charge in [-0.1, -0.05) is 54.1 Å². The van der Waals surface area contributed by atoms with E-state index in [9.17, 15) is 9.59 Å². The summed E-state index contributed by atoms with van der Waals surface area (Å²) in [5, 5.41) is 3.39. The van der Waals surface area contributed by atoms with Gasteiger partial charge in [-0.15, -0.1) is 0 Å². The Labute approximate surface area is 163 Å². The summed E-state index contributed by atoms with van der Waals surface area (Å²) in [4.78, 5) is 28.0. The van der Waals surface area contributed by atoms with Crippen molar-refractivity contribution in [1.29, 1.82) is 0 Å². The van der Waals surface area contributed by atoms with Crippen LogP contribution in [0.1, 0.15) is 5.56 Å². The summed E-state index contributed by atoms with van der Waals surface area (Å²) in [5.41, 5.74) is 1.05.